The average Bonchev–Trinajstić information content (AvgIpc) is 2.29. The van der Waals surface area contributed by atoms with Crippen LogP contribution in [0.5, 0.6) is 0 Å². The summed E-state index contributed by atoms with van der Waals surface area (Å²) in [6.45, 7) is 10.4. The van der Waals surface area contributed by atoms with Crippen LogP contribution in [-0.4, -0.2) is 13.2 Å². The van der Waals surface area contributed by atoms with Gasteiger partial charge in [-0.2, -0.15) is 0 Å². The van der Waals surface area contributed by atoms with E-state index in [-0.39, 0.29) is 0 Å². The summed E-state index contributed by atoms with van der Waals surface area (Å²) >= 11 is 0. The van der Waals surface area contributed by atoms with E-state index < -0.39 is 0 Å². The van der Waals surface area contributed by atoms with Crippen LogP contribution < -0.4 is 5.48 Å². The minimum atomic E-state index is 0.503. The first-order chi connectivity index (χ1) is 8.11. The van der Waals surface area contributed by atoms with Gasteiger partial charge in [-0.1, -0.05) is 58.0 Å². The lowest BCUT2D eigenvalue weighted by Crippen LogP contribution is -2.26. The number of rotatable bonds is 7. The molecule has 1 rings (SSSR count). The first kappa shape index (κ1) is 14.2. The molecule has 0 heterocycles. The van der Waals surface area contributed by atoms with Gasteiger partial charge in [0.2, 0.25) is 0 Å². The molecule has 0 spiro atoms. The lowest BCUT2D eigenvalue weighted by Gasteiger charge is -2.22. The van der Waals surface area contributed by atoms with Gasteiger partial charge in [-0.3, -0.25) is 0 Å². The van der Waals surface area contributed by atoms with Crippen molar-refractivity contribution in [3.63, 3.8) is 0 Å². The number of hydroxylamine groups is 1. The smallest absolute Gasteiger partial charge is 0.0705 e. The van der Waals surface area contributed by atoms with Gasteiger partial charge >= 0.3 is 0 Å². The third-order valence-corrected chi connectivity index (χ3v) is 2.85. The SMILES string of the molecule is CC(C)CONCC(c1ccccc1)C(C)C. The van der Waals surface area contributed by atoms with E-state index in [1.54, 1.807) is 0 Å². The zero-order valence-electron chi connectivity index (χ0n) is 11.4. The van der Waals surface area contributed by atoms with E-state index in [1.165, 1.54) is 5.56 Å². The van der Waals surface area contributed by atoms with Gasteiger partial charge in [0, 0.05) is 12.5 Å². The Kier molecular flexibility index (Phi) is 6.23. The fraction of sp³-hybridized carbons (Fsp3) is 0.600. The molecule has 0 saturated carbocycles. The molecular weight excluding hydrogens is 210 g/mol. The van der Waals surface area contributed by atoms with E-state index in [1.807, 2.05) is 0 Å². The number of nitrogens with one attached hydrogen (secondary N) is 1. The van der Waals surface area contributed by atoms with Crippen LogP contribution in [0.4, 0.5) is 0 Å². The summed E-state index contributed by atoms with van der Waals surface area (Å²) in [5.74, 6) is 1.67. The summed E-state index contributed by atoms with van der Waals surface area (Å²) in [6.07, 6.45) is 0. The van der Waals surface area contributed by atoms with Crippen LogP contribution >= 0.6 is 0 Å². The Morgan fingerprint density at radius 2 is 1.71 bits per heavy atom. The molecule has 0 aliphatic rings. The van der Waals surface area contributed by atoms with E-state index in [0.717, 1.165) is 13.2 Å². The quantitative estimate of drug-likeness (QED) is 0.576. The van der Waals surface area contributed by atoms with Gasteiger partial charge in [0.15, 0.2) is 0 Å². The van der Waals surface area contributed by atoms with Crippen molar-refractivity contribution in [2.45, 2.75) is 33.6 Å². The van der Waals surface area contributed by atoms with E-state index in [9.17, 15) is 0 Å². The fourth-order valence-corrected chi connectivity index (χ4v) is 1.81. The Morgan fingerprint density at radius 3 is 2.24 bits per heavy atom. The third-order valence-electron chi connectivity index (χ3n) is 2.85. The Morgan fingerprint density at radius 1 is 1.06 bits per heavy atom. The zero-order valence-corrected chi connectivity index (χ0v) is 11.4. The molecule has 0 amide bonds. The summed E-state index contributed by atoms with van der Waals surface area (Å²) in [6, 6.07) is 10.6. The average molecular weight is 235 g/mol. The topological polar surface area (TPSA) is 21.3 Å². The first-order valence-electron chi connectivity index (χ1n) is 6.50. The Bertz CT molecular complexity index is 295. The van der Waals surface area contributed by atoms with Crippen LogP contribution in [0, 0.1) is 11.8 Å². The minimum Gasteiger partial charge on any atom is -0.302 e. The summed E-state index contributed by atoms with van der Waals surface area (Å²) in [4.78, 5) is 5.45. The molecule has 0 aliphatic heterocycles. The van der Waals surface area contributed by atoms with Gasteiger partial charge in [-0.05, 0) is 17.4 Å². The van der Waals surface area contributed by atoms with Crippen molar-refractivity contribution in [2.75, 3.05) is 13.2 Å². The van der Waals surface area contributed by atoms with Crippen molar-refractivity contribution >= 4 is 0 Å². The van der Waals surface area contributed by atoms with E-state index in [4.69, 9.17) is 4.84 Å². The minimum absolute atomic E-state index is 0.503. The van der Waals surface area contributed by atoms with Crippen LogP contribution in [0.3, 0.4) is 0 Å². The molecule has 0 saturated heterocycles. The Hall–Kier alpha value is -0.860. The highest BCUT2D eigenvalue weighted by atomic mass is 16.6. The van der Waals surface area contributed by atoms with Gasteiger partial charge in [0.25, 0.3) is 0 Å². The first-order valence-corrected chi connectivity index (χ1v) is 6.50. The maximum absolute atomic E-state index is 5.45. The van der Waals surface area contributed by atoms with Crippen LogP contribution in [0.2, 0.25) is 0 Å². The molecule has 0 fully saturated rings. The lowest BCUT2D eigenvalue weighted by atomic mass is 9.89. The second-order valence-electron chi connectivity index (χ2n) is 5.31. The molecule has 2 heteroatoms. The molecule has 0 aromatic heterocycles. The summed E-state index contributed by atoms with van der Waals surface area (Å²) < 4.78 is 0. The summed E-state index contributed by atoms with van der Waals surface area (Å²) in [7, 11) is 0. The highest BCUT2D eigenvalue weighted by molar-refractivity contribution is 5.20. The van der Waals surface area contributed by atoms with E-state index >= 15 is 0 Å². The van der Waals surface area contributed by atoms with Crippen LogP contribution in [0.25, 0.3) is 0 Å². The normalized spacial score (nSPS) is 13.3. The van der Waals surface area contributed by atoms with Crippen molar-refractivity contribution in [1.29, 1.82) is 0 Å². The van der Waals surface area contributed by atoms with Gasteiger partial charge in [0.1, 0.15) is 0 Å². The van der Waals surface area contributed by atoms with Crippen LogP contribution in [0.1, 0.15) is 39.2 Å². The predicted molar refractivity (Wildman–Crippen MR) is 72.8 cm³/mol. The number of hydrogen-bond acceptors (Lipinski definition) is 2. The molecule has 1 atom stereocenters. The lowest BCUT2D eigenvalue weighted by molar-refractivity contribution is 0.0185. The molecule has 1 aromatic rings. The largest absolute Gasteiger partial charge is 0.302 e. The van der Waals surface area contributed by atoms with Crippen molar-refractivity contribution in [3.8, 4) is 0 Å². The van der Waals surface area contributed by atoms with Gasteiger partial charge in [0.05, 0.1) is 6.61 Å². The molecule has 17 heavy (non-hydrogen) atoms. The third kappa shape index (κ3) is 5.33. The van der Waals surface area contributed by atoms with Gasteiger partial charge in [-0.15, -0.1) is 0 Å². The van der Waals surface area contributed by atoms with Crippen molar-refractivity contribution in [2.24, 2.45) is 11.8 Å². The molecule has 0 bridgehead atoms. The summed E-state index contributed by atoms with van der Waals surface area (Å²) in [5.41, 5.74) is 4.47. The summed E-state index contributed by atoms with van der Waals surface area (Å²) in [5, 5.41) is 0. The van der Waals surface area contributed by atoms with Crippen molar-refractivity contribution in [1.82, 2.24) is 5.48 Å². The Balaban J connectivity index is 2.45. The maximum Gasteiger partial charge on any atom is 0.0705 e. The Labute approximate surface area is 105 Å². The monoisotopic (exact) mass is 235 g/mol. The maximum atomic E-state index is 5.45. The van der Waals surface area contributed by atoms with Crippen molar-refractivity contribution in [3.05, 3.63) is 35.9 Å². The molecule has 0 aliphatic carbocycles. The number of benzene rings is 1. The molecule has 0 radical (unpaired) electrons. The molecule has 2 nitrogen and oxygen atoms in total. The van der Waals surface area contributed by atoms with E-state index in [2.05, 4.69) is 63.5 Å². The highest BCUT2D eigenvalue weighted by Gasteiger charge is 2.15. The molecule has 96 valence electrons. The molecule has 1 unspecified atom stereocenters. The van der Waals surface area contributed by atoms with Crippen LogP contribution in [-0.2, 0) is 4.84 Å². The second-order valence-corrected chi connectivity index (χ2v) is 5.31. The zero-order chi connectivity index (χ0) is 12.7. The van der Waals surface area contributed by atoms with Crippen molar-refractivity contribution < 1.29 is 4.84 Å². The van der Waals surface area contributed by atoms with Crippen LogP contribution in [0.15, 0.2) is 30.3 Å². The standard InChI is InChI=1S/C15H25NO/c1-12(2)11-17-16-10-15(13(3)4)14-8-6-5-7-9-14/h5-9,12-13,15-16H,10-11H2,1-4H3. The molecule has 1 N–H and O–H groups in total. The van der Waals surface area contributed by atoms with Gasteiger partial charge < -0.3 is 4.84 Å². The molecular formula is C15H25NO. The predicted octanol–water partition coefficient (Wildman–Crippen LogP) is 3.60. The van der Waals surface area contributed by atoms with E-state index in [0.29, 0.717) is 17.8 Å². The number of hydrogen-bond donors (Lipinski definition) is 1. The van der Waals surface area contributed by atoms with Gasteiger partial charge in [-0.25, -0.2) is 5.48 Å². The highest BCUT2D eigenvalue weighted by Crippen LogP contribution is 2.23. The second kappa shape index (κ2) is 7.46. The molecule has 1 aromatic carbocycles. The fourth-order valence-electron chi connectivity index (χ4n) is 1.81.